The molecule has 1 unspecified atom stereocenters. The van der Waals surface area contributed by atoms with Crippen LogP contribution >= 0.6 is 0 Å². The van der Waals surface area contributed by atoms with Crippen LogP contribution in [0.5, 0.6) is 0 Å². The van der Waals surface area contributed by atoms with Crippen molar-refractivity contribution < 1.29 is 13.2 Å². The minimum Gasteiger partial charge on any atom is -0.368 e. The second-order valence-electron chi connectivity index (χ2n) is 10.1. The number of rotatable bonds is 10. The summed E-state index contributed by atoms with van der Waals surface area (Å²) in [7, 11) is -3.85. The van der Waals surface area contributed by atoms with E-state index in [1.165, 1.54) is 25.7 Å². The van der Waals surface area contributed by atoms with E-state index >= 15 is 0 Å². The zero-order valence-electron chi connectivity index (χ0n) is 21.6. The van der Waals surface area contributed by atoms with Crippen LogP contribution in [-0.4, -0.2) is 51.9 Å². The molecule has 0 spiro atoms. The van der Waals surface area contributed by atoms with Crippen LogP contribution in [-0.2, 0) is 14.8 Å². The molecule has 1 saturated carbocycles. The quantitative estimate of drug-likeness (QED) is 0.479. The van der Waals surface area contributed by atoms with E-state index in [-0.39, 0.29) is 16.8 Å². The maximum atomic E-state index is 13.7. The first kappa shape index (κ1) is 26.6. The van der Waals surface area contributed by atoms with Crippen LogP contribution in [0.1, 0.15) is 64.0 Å². The molecule has 2 N–H and O–H groups in total. The van der Waals surface area contributed by atoms with E-state index < -0.39 is 10.0 Å². The number of carbonyl (C=O) groups excluding carboxylic acids is 1. The van der Waals surface area contributed by atoms with E-state index in [0.29, 0.717) is 23.7 Å². The molecule has 7 nitrogen and oxygen atoms in total. The minimum absolute atomic E-state index is 0.0554. The molecule has 1 atom stereocenters. The van der Waals surface area contributed by atoms with Crippen LogP contribution in [0.15, 0.2) is 53.4 Å². The number of likely N-dealkylation sites (N-methyl/N-ethyl adjacent to an activating group) is 1. The molecule has 2 aliphatic rings. The van der Waals surface area contributed by atoms with E-state index in [4.69, 9.17) is 0 Å². The SMILES string of the molecule is CCN1CCN(c2ccc(NC(=O)CCC3CCCC3)cc2S(=O)(=O)NC(C)c2ccccc2)CC1. The summed E-state index contributed by atoms with van der Waals surface area (Å²) in [5.41, 5.74) is 2.10. The number of anilines is 2. The Labute approximate surface area is 216 Å². The van der Waals surface area contributed by atoms with E-state index in [1.54, 1.807) is 6.07 Å². The van der Waals surface area contributed by atoms with Crippen molar-refractivity contribution in [1.29, 1.82) is 0 Å². The van der Waals surface area contributed by atoms with Gasteiger partial charge in [0.15, 0.2) is 0 Å². The molecule has 2 aromatic rings. The number of hydrogen-bond acceptors (Lipinski definition) is 5. The Hall–Kier alpha value is -2.42. The molecule has 8 heteroatoms. The number of carbonyl (C=O) groups is 1. The molecule has 1 amide bonds. The summed E-state index contributed by atoms with van der Waals surface area (Å²) in [5, 5.41) is 2.95. The number of sulfonamides is 1. The first-order chi connectivity index (χ1) is 17.4. The van der Waals surface area contributed by atoms with Crippen LogP contribution in [0, 0.1) is 5.92 Å². The van der Waals surface area contributed by atoms with Crippen molar-refractivity contribution in [3.63, 3.8) is 0 Å². The van der Waals surface area contributed by atoms with Crippen LogP contribution in [0.2, 0.25) is 0 Å². The fourth-order valence-electron chi connectivity index (χ4n) is 5.34. The Morgan fingerprint density at radius 2 is 1.72 bits per heavy atom. The van der Waals surface area contributed by atoms with Gasteiger partial charge in [-0.25, -0.2) is 13.1 Å². The van der Waals surface area contributed by atoms with Gasteiger partial charge in [-0.1, -0.05) is 62.9 Å². The van der Waals surface area contributed by atoms with Gasteiger partial charge in [-0.15, -0.1) is 0 Å². The summed E-state index contributed by atoms with van der Waals surface area (Å²) in [4.78, 5) is 17.4. The molecule has 1 aliphatic carbocycles. The fourth-order valence-corrected chi connectivity index (χ4v) is 6.82. The predicted molar refractivity (Wildman–Crippen MR) is 146 cm³/mol. The Morgan fingerprint density at radius 3 is 2.39 bits per heavy atom. The van der Waals surface area contributed by atoms with Crippen molar-refractivity contribution >= 4 is 27.3 Å². The summed E-state index contributed by atoms with van der Waals surface area (Å²) >= 11 is 0. The van der Waals surface area contributed by atoms with E-state index in [9.17, 15) is 13.2 Å². The molecular weight excluding hydrogens is 472 g/mol. The molecule has 1 heterocycles. The molecule has 2 fully saturated rings. The zero-order valence-corrected chi connectivity index (χ0v) is 22.4. The van der Waals surface area contributed by atoms with Gasteiger partial charge in [-0.3, -0.25) is 4.79 Å². The molecule has 196 valence electrons. The fraction of sp³-hybridized carbons (Fsp3) is 0.536. The van der Waals surface area contributed by atoms with Crippen LogP contribution < -0.4 is 14.9 Å². The van der Waals surface area contributed by atoms with Gasteiger partial charge in [-0.05, 0) is 49.6 Å². The summed E-state index contributed by atoms with van der Waals surface area (Å²) in [6.45, 7) is 8.29. The summed E-state index contributed by atoms with van der Waals surface area (Å²) in [6.07, 6.45) is 6.30. The summed E-state index contributed by atoms with van der Waals surface area (Å²) < 4.78 is 30.2. The van der Waals surface area contributed by atoms with Gasteiger partial charge >= 0.3 is 0 Å². The highest BCUT2D eigenvalue weighted by Gasteiger charge is 2.27. The molecule has 1 aliphatic heterocycles. The molecule has 4 rings (SSSR count). The van der Waals surface area contributed by atoms with Crippen LogP contribution in [0.25, 0.3) is 0 Å². The van der Waals surface area contributed by atoms with E-state index in [1.807, 2.05) is 49.4 Å². The molecule has 0 aromatic heterocycles. The summed E-state index contributed by atoms with van der Waals surface area (Å²) in [5.74, 6) is 0.583. The third kappa shape index (κ3) is 6.87. The van der Waals surface area contributed by atoms with Gasteiger partial charge in [0.05, 0.1) is 5.69 Å². The largest absolute Gasteiger partial charge is 0.368 e. The van der Waals surface area contributed by atoms with Gasteiger partial charge in [0.2, 0.25) is 15.9 Å². The Kier molecular flexibility index (Phi) is 9.04. The van der Waals surface area contributed by atoms with E-state index in [2.05, 4.69) is 26.8 Å². The minimum atomic E-state index is -3.85. The standard InChI is InChI=1S/C28H40N4O3S/c1-3-31-17-19-32(20-18-31)26-15-14-25(29-28(33)16-13-23-9-7-8-10-23)21-27(26)36(34,35)30-22(2)24-11-5-4-6-12-24/h4-6,11-12,14-15,21-23,30H,3,7-10,13,16-20H2,1-2H3,(H,29,33). The number of benzene rings is 2. The smallest absolute Gasteiger partial charge is 0.243 e. The monoisotopic (exact) mass is 512 g/mol. The topological polar surface area (TPSA) is 81.8 Å². The van der Waals surface area contributed by atoms with Gasteiger partial charge in [-0.2, -0.15) is 0 Å². The second kappa shape index (κ2) is 12.2. The first-order valence-corrected chi connectivity index (χ1v) is 14.8. The summed E-state index contributed by atoms with van der Waals surface area (Å²) in [6, 6.07) is 14.5. The van der Waals surface area contributed by atoms with Gasteiger partial charge < -0.3 is 15.1 Å². The second-order valence-corrected chi connectivity index (χ2v) is 11.8. The van der Waals surface area contributed by atoms with Crippen molar-refractivity contribution in [1.82, 2.24) is 9.62 Å². The molecule has 0 radical (unpaired) electrons. The first-order valence-electron chi connectivity index (χ1n) is 13.3. The lowest BCUT2D eigenvalue weighted by Crippen LogP contribution is -2.46. The average Bonchev–Trinajstić information content (AvgIpc) is 3.42. The van der Waals surface area contributed by atoms with Crippen molar-refractivity contribution in [3.8, 4) is 0 Å². The molecule has 1 saturated heterocycles. The number of piperazine rings is 1. The Bertz CT molecular complexity index is 1110. The highest BCUT2D eigenvalue weighted by Crippen LogP contribution is 2.32. The normalized spacial score (nSPS) is 18.3. The van der Waals surface area contributed by atoms with Crippen molar-refractivity contribution in [3.05, 3.63) is 54.1 Å². The van der Waals surface area contributed by atoms with Gasteiger partial charge in [0.25, 0.3) is 0 Å². The number of nitrogens with one attached hydrogen (secondary N) is 2. The third-order valence-electron chi connectivity index (χ3n) is 7.58. The number of amides is 1. The predicted octanol–water partition coefficient (Wildman–Crippen LogP) is 4.78. The van der Waals surface area contributed by atoms with Crippen molar-refractivity contribution in [2.45, 2.75) is 63.3 Å². The van der Waals surface area contributed by atoms with E-state index in [0.717, 1.165) is 44.7 Å². The number of nitrogens with zero attached hydrogens (tertiary/aromatic N) is 2. The highest BCUT2D eigenvalue weighted by atomic mass is 32.2. The van der Waals surface area contributed by atoms with Gasteiger partial charge in [0, 0.05) is 44.3 Å². The number of hydrogen-bond donors (Lipinski definition) is 2. The lowest BCUT2D eigenvalue weighted by molar-refractivity contribution is -0.116. The molecule has 2 aromatic carbocycles. The lowest BCUT2D eigenvalue weighted by Gasteiger charge is -2.36. The van der Waals surface area contributed by atoms with Crippen molar-refractivity contribution in [2.24, 2.45) is 5.92 Å². The third-order valence-corrected chi connectivity index (χ3v) is 9.15. The maximum Gasteiger partial charge on any atom is 0.243 e. The molecular formula is C28H40N4O3S. The average molecular weight is 513 g/mol. The van der Waals surface area contributed by atoms with Crippen LogP contribution in [0.4, 0.5) is 11.4 Å². The van der Waals surface area contributed by atoms with Crippen LogP contribution in [0.3, 0.4) is 0 Å². The van der Waals surface area contributed by atoms with Gasteiger partial charge in [0.1, 0.15) is 4.90 Å². The molecule has 36 heavy (non-hydrogen) atoms. The lowest BCUT2D eigenvalue weighted by atomic mass is 10.0. The highest BCUT2D eigenvalue weighted by molar-refractivity contribution is 7.89. The Balaban J connectivity index is 1.55. The molecule has 0 bridgehead atoms. The Morgan fingerprint density at radius 1 is 1.03 bits per heavy atom. The zero-order chi connectivity index (χ0) is 25.5. The maximum absolute atomic E-state index is 13.7. The van der Waals surface area contributed by atoms with Crippen molar-refractivity contribution in [2.75, 3.05) is 42.9 Å².